The van der Waals surface area contributed by atoms with E-state index in [0.29, 0.717) is 11.9 Å². The summed E-state index contributed by atoms with van der Waals surface area (Å²) >= 11 is 8.13. The first-order chi connectivity index (χ1) is 9.58. The summed E-state index contributed by atoms with van der Waals surface area (Å²) in [6.07, 6.45) is 3.17. The molecule has 20 heavy (non-hydrogen) atoms. The van der Waals surface area contributed by atoms with Gasteiger partial charge in [-0.15, -0.1) is 11.6 Å². The summed E-state index contributed by atoms with van der Waals surface area (Å²) in [6, 6.07) is 4.07. The number of fused-ring (bicyclic) bond motifs is 1. The number of alkyl halides is 1. The maximum Gasteiger partial charge on any atom is 0.215 e. The highest BCUT2D eigenvalue weighted by Crippen LogP contribution is 2.29. The van der Waals surface area contributed by atoms with Gasteiger partial charge in [-0.25, -0.2) is 4.98 Å². The van der Waals surface area contributed by atoms with Crippen LogP contribution in [0.3, 0.4) is 0 Å². The van der Waals surface area contributed by atoms with Gasteiger partial charge < -0.3 is 9.30 Å². The van der Waals surface area contributed by atoms with Crippen LogP contribution in [0.1, 0.15) is 37.5 Å². The number of imidazole rings is 1. The van der Waals surface area contributed by atoms with Gasteiger partial charge in [0.25, 0.3) is 0 Å². The zero-order chi connectivity index (χ0) is 14.7. The van der Waals surface area contributed by atoms with E-state index in [1.807, 2.05) is 30.8 Å². The summed E-state index contributed by atoms with van der Waals surface area (Å²) in [7, 11) is 1.62. The van der Waals surface area contributed by atoms with Gasteiger partial charge in [-0.05, 0) is 38.3 Å². The molecule has 0 bridgehead atoms. The Morgan fingerprint density at radius 3 is 2.70 bits per heavy atom. The highest BCUT2D eigenvalue weighted by molar-refractivity contribution is 7.98. The minimum atomic E-state index is -0.146. The van der Waals surface area contributed by atoms with Gasteiger partial charge in [-0.2, -0.15) is 16.7 Å². The van der Waals surface area contributed by atoms with Gasteiger partial charge in [-0.3, -0.25) is 0 Å². The summed E-state index contributed by atoms with van der Waals surface area (Å²) in [5, 5.41) is -0.146. The Morgan fingerprint density at radius 1 is 1.35 bits per heavy atom. The maximum atomic E-state index is 6.28. The lowest BCUT2D eigenvalue weighted by molar-refractivity contribution is 0.398. The highest BCUT2D eigenvalue weighted by Gasteiger charge is 2.20. The molecule has 0 aromatic carbocycles. The molecular formula is C14H20ClN3OS. The Hall–Kier alpha value is -0.940. The molecule has 0 N–H and O–H groups in total. The molecule has 0 aliphatic rings. The van der Waals surface area contributed by atoms with Crippen molar-refractivity contribution >= 4 is 34.5 Å². The second-order valence-electron chi connectivity index (χ2n) is 4.78. The molecule has 2 atom stereocenters. The van der Waals surface area contributed by atoms with Crippen molar-refractivity contribution in [1.29, 1.82) is 0 Å². The van der Waals surface area contributed by atoms with Crippen LogP contribution in [0.5, 0.6) is 5.88 Å². The molecule has 2 aromatic heterocycles. The number of pyridine rings is 1. The summed E-state index contributed by atoms with van der Waals surface area (Å²) in [5.74, 6) is 2.57. The smallest absolute Gasteiger partial charge is 0.215 e. The van der Waals surface area contributed by atoms with Gasteiger partial charge in [0.2, 0.25) is 5.88 Å². The normalized spacial score (nSPS) is 14.4. The minimum Gasteiger partial charge on any atom is -0.481 e. The molecule has 2 aromatic rings. The number of hydrogen-bond acceptors (Lipinski definition) is 4. The fourth-order valence-corrected chi connectivity index (χ4v) is 2.95. The Labute approximate surface area is 128 Å². The van der Waals surface area contributed by atoms with E-state index in [9.17, 15) is 0 Å². The van der Waals surface area contributed by atoms with Crippen molar-refractivity contribution in [3.8, 4) is 5.88 Å². The van der Waals surface area contributed by atoms with Crippen molar-refractivity contribution in [2.45, 2.75) is 31.7 Å². The van der Waals surface area contributed by atoms with Gasteiger partial charge in [0.05, 0.1) is 12.5 Å². The van der Waals surface area contributed by atoms with Crippen LogP contribution >= 0.6 is 23.4 Å². The average molecular weight is 314 g/mol. The Balaban J connectivity index is 2.53. The topological polar surface area (TPSA) is 39.9 Å². The van der Waals surface area contributed by atoms with Crippen LogP contribution in [0.25, 0.3) is 11.2 Å². The zero-order valence-corrected chi connectivity index (χ0v) is 13.8. The van der Waals surface area contributed by atoms with Crippen LogP contribution in [0.15, 0.2) is 12.1 Å². The van der Waals surface area contributed by atoms with Crippen molar-refractivity contribution in [2.75, 3.05) is 19.1 Å². The number of methoxy groups -OCH3 is 1. The second-order valence-corrected chi connectivity index (χ2v) is 6.42. The largest absolute Gasteiger partial charge is 0.481 e. The Bertz CT molecular complexity index is 585. The summed E-state index contributed by atoms with van der Waals surface area (Å²) in [4.78, 5) is 9.16. The molecule has 0 fully saturated rings. The molecular weight excluding hydrogens is 294 g/mol. The van der Waals surface area contributed by atoms with Crippen molar-refractivity contribution in [2.24, 2.45) is 0 Å². The molecule has 4 nitrogen and oxygen atoms in total. The van der Waals surface area contributed by atoms with E-state index >= 15 is 0 Å². The monoisotopic (exact) mass is 313 g/mol. The molecule has 0 amide bonds. The van der Waals surface area contributed by atoms with Gasteiger partial charge in [0.1, 0.15) is 11.3 Å². The zero-order valence-electron chi connectivity index (χ0n) is 12.3. The minimum absolute atomic E-state index is 0.146. The van der Waals surface area contributed by atoms with E-state index in [1.165, 1.54) is 0 Å². The summed E-state index contributed by atoms with van der Waals surface area (Å²) in [5.41, 5.74) is 1.71. The Kier molecular flexibility index (Phi) is 5.16. The van der Waals surface area contributed by atoms with Gasteiger partial charge >= 0.3 is 0 Å². The van der Waals surface area contributed by atoms with E-state index in [1.54, 1.807) is 7.11 Å². The molecule has 6 heteroatoms. The molecule has 0 saturated carbocycles. The third-order valence-electron chi connectivity index (χ3n) is 3.28. The van der Waals surface area contributed by atoms with Crippen LogP contribution in [0.2, 0.25) is 0 Å². The molecule has 0 aliphatic heterocycles. The number of hydrogen-bond donors (Lipinski definition) is 0. The number of halogens is 1. The quantitative estimate of drug-likeness (QED) is 0.754. The van der Waals surface area contributed by atoms with Crippen molar-refractivity contribution in [3.05, 3.63) is 18.0 Å². The molecule has 0 spiro atoms. The predicted molar refractivity (Wildman–Crippen MR) is 86.1 cm³/mol. The maximum absolute atomic E-state index is 6.28. The van der Waals surface area contributed by atoms with Gasteiger partial charge in [-0.1, -0.05) is 0 Å². The lowest BCUT2D eigenvalue weighted by Crippen LogP contribution is -2.11. The Morgan fingerprint density at radius 2 is 2.10 bits per heavy atom. The second kappa shape index (κ2) is 6.68. The molecule has 2 heterocycles. The van der Waals surface area contributed by atoms with E-state index in [2.05, 4.69) is 27.7 Å². The van der Waals surface area contributed by atoms with E-state index in [4.69, 9.17) is 16.3 Å². The lowest BCUT2D eigenvalue weighted by Gasteiger charge is -2.17. The molecule has 2 unspecified atom stereocenters. The molecule has 2 rings (SSSR count). The summed E-state index contributed by atoms with van der Waals surface area (Å²) < 4.78 is 7.36. The van der Waals surface area contributed by atoms with Crippen molar-refractivity contribution in [3.63, 3.8) is 0 Å². The van der Waals surface area contributed by atoms with Crippen LogP contribution < -0.4 is 4.74 Å². The van der Waals surface area contributed by atoms with Crippen molar-refractivity contribution in [1.82, 2.24) is 14.5 Å². The van der Waals surface area contributed by atoms with E-state index in [-0.39, 0.29) is 5.38 Å². The molecule has 0 saturated heterocycles. The number of aromatic nitrogens is 3. The SMILES string of the molecule is COc1ccc2nc(C(C)Cl)n(C(C)CCSC)c2n1. The standard InChI is InChI=1S/C14H20ClN3OS/c1-9(7-8-20-4)18-13(10(2)15)16-11-5-6-12(19-3)17-14(11)18/h5-6,9-10H,7-8H2,1-4H3. The number of rotatable bonds is 6. The third kappa shape index (κ3) is 3.04. The van der Waals surface area contributed by atoms with Crippen molar-refractivity contribution < 1.29 is 4.74 Å². The van der Waals surface area contributed by atoms with Gasteiger partial charge in [0, 0.05) is 12.1 Å². The number of ether oxygens (including phenoxy) is 1. The highest BCUT2D eigenvalue weighted by atomic mass is 35.5. The first-order valence-electron chi connectivity index (χ1n) is 6.64. The summed E-state index contributed by atoms with van der Waals surface area (Å²) in [6.45, 7) is 4.12. The fraction of sp³-hybridized carbons (Fsp3) is 0.571. The fourth-order valence-electron chi connectivity index (χ4n) is 2.22. The first kappa shape index (κ1) is 15.4. The molecule has 0 aliphatic carbocycles. The molecule has 0 radical (unpaired) electrons. The van der Waals surface area contributed by atoms with Crippen LogP contribution in [-0.4, -0.2) is 33.7 Å². The molecule has 110 valence electrons. The van der Waals surface area contributed by atoms with Crippen LogP contribution in [-0.2, 0) is 0 Å². The van der Waals surface area contributed by atoms with E-state index in [0.717, 1.165) is 29.2 Å². The first-order valence-corrected chi connectivity index (χ1v) is 8.47. The average Bonchev–Trinajstić information content (AvgIpc) is 2.83. The lowest BCUT2D eigenvalue weighted by atomic mass is 10.2. The number of nitrogens with zero attached hydrogens (tertiary/aromatic N) is 3. The van der Waals surface area contributed by atoms with E-state index < -0.39 is 0 Å². The van der Waals surface area contributed by atoms with Crippen LogP contribution in [0.4, 0.5) is 0 Å². The third-order valence-corrected chi connectivity index (χ3v) is 4.12. The predicted octanol–water partition coefficient (Wildman–Crippen LogP) is 4.05. The number of thioether (sulfide) groups is 1. The van der Waals surface area contributed by atoms with Crippen LogP contribution in [0, 0.1) is 0 Å². The van der Waals surface area contributed by atoms with Gasteiger partial charge in [0.15, 0.2) is 5.65 Å².